The molecule has 2 aromatic rings. The van der Waals surface area contributed by atoms with Crippen molar-refractivity contribution in [1.29, 1.82) is 0 Å². The van der Waals surface area contributed by atoms with Crippen molar-refractivity contribution < 1.29 is 33.8 Å². The largest absolute Gasteiger partial charge is 0.465 e. The molecule has 1 aromatic heterocycles. The quantitative estimate of drug-likeness (QED) is 0.181. The molecule has 1 saturated heterocycles. The van der Waals surface area contributed by atoms with Gasteiger partial charge in [-0.15, -0.1) is 5.10 Å². The highest BCUT2D eigenvalue weighted by Crippen LogP contribution is 2.30. The van der Waals surface area contributed by atoms with E-state index in [2.05, 4.69) is 31.3 Å². The number of benzene rings is 1. The van der Waals surface area contributed by atoms with E-state index in [0.29, 0.717) is 31.6 Å². The van der Waals surface area contributed by atoms with E-state index in [1.807, 2.05) is 44.2 Å². The van der Waals surface area contributed by atoms with E-state index in [1.54, 1.807) is 39.8 Å². The fourth-order valence-corrected chi connectivity index (χ4v) is 6.86. The number of nitrogens with zero attached hydrogens (tertiary/aromatic N) is 5. The number of hydrogen-bond acceptors (Lipinski definition) is 9. The first-order valence-electron chi connectivity index (χ1n) is 17.0. The van der Waals surface area contributed by atoms with Crippen LogP contribution in [0.15, 0.2) is 30.3 Å². The predicted molar refractivity (Wildman–Crippen MR) is 181 cm³/mol. The van der Waals surface area contributed by atoms with Gasteiger partial charge in [-0.25, -0.2) is 9.89 Å². The summed E-state index contributed by atoms with van der Waals surface area (Å²) in [6, 6.07) is 7.39. The van der Waals surface area contributed by atoms with Crippen LogP contribution in [-0.4, -0.2) is 117 Å². The van der Waals surface area contributed by atoms with Gasteiger partial charge in [0.25, 0.3) is 0 Å². The maximum atomic E-state index is 14.0. The summed E-state index contributed by atoms with van der Waals surface area (Å²) in [6.07, 6.45) is 0.0282. The molecule has 1 fully saturated rings. The number of hydrogen-bond donors (Lipinski definition) is 4. The van der Waals surface area contributed by atoms with E-state index in [1.165, 1.54) is 12.0 Å². The molecule has 0 spiro atoms. The third kappa shape index (κ3) is 10.2. The topological polar surface area (TPSA) is 192 Å². The number of aromatic nitrogens is 4. The summed E-state index contributed by atoms with van der Waals surface area (Å²) in [5.74, 6) is -1.36. The molecule has 1 aliphatic rings. The smallest absolute Gasteiger partial charge is 0.405 e. The molecule has 1 aromatic carbocycles. The van der Waals surface area contributed by atoms with E-state index in [4.69, 9.17) is 9.47 Å². The summed E-state index contributed by atoms with van der Waals surface area (Å²) in [6.45, 7) is 9.82. The van der Waals surface area contributed by atoms with Gasteiger partial charge in [0.05, 0.1) is 42.7 Å². The lowest BCUT2D eigenvalue weighted by Crippen LogP contribution is -2.57. The van der Waals surface area contributed by atoms with Crippen molar-refractivity contribution in [2.75, 3.05) is 27.8 Å². The second-order valence-electron chi connectivity index (χ2n) is 13.3. The zero-order valence-electron chi connectivity index (χ0n) is 30.0. The maximum Gasteiger partial charge on any atom is 0.405 e. The Bertz CT molecular complexity index is 1350. The van der Waals surface area contributed by atoms with Gasteiger partial charge >= 0.3 is 6.09 Å². The van der Waals surface area contributed by atoms with Crippen molar-refractivity contribution in [2.24, 2.45) is 17.8 Å². The maximum absolute atomic E-state index is 14.0. The Balaban J connectivity index is 1.77. The van der Waals surface area contributed by atoms with Gasteiger partial charge in [0.1, 0.15) is 6.04 Å². The average molecular weight is 687 g/mol. The Morgan fingerprint density at radius 3 is 2.33 bits per heavy atom. The summed E-state index contributed by atoms with van der Waals surface area (Å²) in [4.78, 5) is 56.1. The van der Waals surface area contributed by atoms with Crippen molar-refractivity contribution in [3.8, 4) is 0 Å². The molecule has 8 atom stereocenters. The first kappa shape index (κ1) is 39.3. The highest BCUT2D eigenvalue weighted by atomic mass is 16.5. The number of likely N-dealkylation sites (N-methyl/N-ethyl adjacent to an activating group) is 1. The molecule has 0 saturated carbocycles. The summed E-state index contributed by atoms with van der Waals surface area (Å²) in [5.41, 5.74) is 1.00. The number of carbonyl (C=O) groups excluding carboxylic acids is 3. The summed E-state index contributed by atoms with van der Waals surface area (Å²) < 4.78 is 11.8. The van der Waals surface area contributed by atoms with E-state index in [9.17, 15) is 24.3 Å². The number of H-pyrrole nitrogens is 1. The summed E-state index contributed by atoms with van der Waals surface area (Å²) in [5, 5.41) is 29.0. The number of nitrogens with one attached hydrogen (secondary N) is 3. The van der Waals surface area contributed by atoms with Crippen molar-refractivity contribution >= 4 is 23.8 Å². The van der Waals surface area contributed by atoms with Crippen LogP contribution in [0.2, 0.25) is 0 Å². The molecule has 0 bridgehead atoms. The molecule has 272 valence electrons. The van der Waals surface area contributed by atoms with E-state index >= 15 is 0 Å². The standard InChI is InChI=1S/C34H54N8O7/c1-9-21(4)29(41(6)33(45)28(20(2)3)36-34(46)47)26(48-7)19-27(43)42-17-13-16-25(42)30(49-8)22(5)32(44)35-24(31-37-39-40-38-31)18-23-14-11-10-12-15-23/h10-12,14-15,20-22,24-26,28-30,36H,9,13,16-19H2,1-8H3,(H,35,44)(H,46,47)(H,37,38,39,40)/t21-,22+,24-,25-,26-,28-,29-,30+/m0/s1. The van der Waals surface area contributed by atoms with E-state index in [0.717, 1.165) is 12.0 Å². The van der Waals surface area contributed by atoms with Crippen LogP contribution in [0.4, 0.5) is 4.79 Å². The molecule has 3 rings (SSSR count). The third-order valence-electron chi connectivity index (χ3n) is 9.76. The Labute approximate surface area is 288 Å². The van der Waals surface area contributed by atoms with Crippen LogP contribution in [0.25, 0.3) is 0 Å². The Hall–Kier alpha value is -4.11. The zero-order valence-corrected chi connectivity index (χ0v) is 30.0. The molecule has 15 nitrogen and oxygen atoms in total. The number of ether oxygens (including phenoxy) is 2. The minimum atomic E-state index is -1.28. The first-order valence-corrected chi connectivity index (χ1v) is 17.0. The van der Waals surface area contributed by atoms with Crippen molar-refractivity contribution in [1.82, 2.24) is 41.1 Å². The molecule has 0 unspecified atom stereocenters. The summed E-state index contributed by atoms with van der Waals surface area (Å²) >= 11 is 0. The van der Waals surface area contributed by atoms with Gasteiger partial charge in [-0.1, -0.05) is 71.4 Å². The second-order valence-corrected chi connectivity index (χ2v) is 13.3. The van der Waals surface area contributed by atoms with Crippen LogP contribution in [0.5, 0.6) is 0 Å². The highest BCUT2D eigenvalue weighted by Gasteiger charge is 2.43. The highest BCUT2D eigenvalue weighted by molar-refractivity contribution is 5.86. The number of tetrazole rings is 1. The number of likely N-dealkylation sites (tertiary alicyclic amines) is 1. The molecule has 0 aliphatic carbocycles. The molecule has 15 heteroatoms. The molecule has 4 amide bonds. The van der Waals surface area contributed by atoms with Gasteiger partial charge in [-0.2, -0.15) is 0 Å². The minimum absolute atomic E-state index is 0.00696. The van der Waals surface area contributed by atoms with Crippen LogP contribution >= 0.6 is 0 Å². The van der Waals surface area contributed by atoms with E-state index < -0.39 is 42.3 Å². The molecular weight excluding hydrogens is 632 g/mol. The van der Waals surface area contributed by atoms with Crippen LogP contribution in [0.1, 0.15) is 77.7 Å². The van der Waals surface area contributed by atoms with Crippen molar-refractivity contribution in [2.45, 2.75) is 103 Å². The monoisotopic (exact) mass is 686 g/mol. The molecule has 0 radical (unpaired) electrons. The fourth-order valence-electron chi connectivity index (χ4n) is 6.86. The molecule has 1 aliphatic heterocycles. The lowest BCUT2D eigenvalue weighted by molar-refractivity contribution is -0.147. The number of aromatic amines is 1. The summed E-state index contributed by atoms with van der Waals surface area (Å²) in [7, 11) is 4.70. The van der Waals surface area contributed by atoms with Gasteiger partial charge in [0.15, 0.2) is 5.82 Å². The van der Waals surface area contributed by atoms with Gasteiger partial charge < -0.3 is 35.0 Å². The fraction of sp³-hybridized carbons (Fsp3) is 0.676. The molecule has 49 heavy (non-hydrogen) atoms. The third-order valence-corrected chi connectivity index (χ3v) is 9.76. The van der Waals surface area contributed by atoms with Crippen LogP contribution in [0.3, 0.4) is 0 Å². The normalized spacial score (nSPS) is 19.0. The number of carbonyl (C=O) groups is 4. The number of carboxylic acid groups (broad SMARTS) is 1. The van der Waals surface area contributed by atoms with Crippen LogP contribution in [-0.2, 0) is 30.3 Å². The molecule has 2 heterocycles. The molecule has 4 N–H and O–H groups in total. The lowest BCUT2D eigenvalue weighted by Gasteiger charge is -2.40. The van der Waals surface area contributed by atoms with Gasteiger partial charge in [-0.05, 0) is 40.7 Å². The van der Waals surface area contributed by atoms with Crippen LogP contribution < -0.4 is 10.6 Å². The number of amides is 4. The zero-order chi connectivity index (χ0) is 36.2. The molecular formula is C34H54N8O7. The number of rotatable bonds is 18. The van der Waals surface area contributed by atoms with Gasteiger partial charge in [-0.3, -0.25) is 14.4 Å². The SMILES string of the molecule is CC[C@H](C)[C@@H]([C@H](CC(=O)N1CCC[C@H]1[C@H](OC)[C@@H](C)C(=O)N[C@@H](Cc1ccccc1)c1nnn[nH]1)OC)N(C)C(=O)[C@@H](NC(=O)O)C(C)C. The van der Waals surface area contributed by atoms with Gasteiger partial charge in [0.2, 0.25) is 17.7 Å². The Kier molecular flexibility index (Phi) is 14.9. The number of methoxy groups -OCH3 is 2. The van der Waals surface area contributed by atoms with Crippen LogP contribution in [0, 0.1) is 17.8 Å². The minimum Gasteiger partial charge on any atom is -0.465 e. The van der Waals surface area contributed by atoms with Gasteiger partial charge in [0, 0.05) is 34.2 Å². The van der Waals surface area contributed by atoms with E-state index in [-0.39, 0.29) is 42.0 Å². The average Bonchev–Trinajstić information content (AvgIpc) is 3.80. The predicted octanol–water partition coefficient (Wildman–Crippen LogP) is 2.81. The lowest BCUT2D eigenvalue weighted by atomic mass is 9.89. The second kappa shape index (κ2) is 18.6. The Morgan fingerprint density at radius 2 is 1.78 bits per heavy atom. The Morgan fingerprint density at radius 1 is 1.08 bits per heavy atom. The first-order chi connectivity index (χ1) is 23.3. The van der Waals surface area contributed by atoms with Crippen molar-refractivity contribution in [3.05, 3.63) is 41.7 Å². The van der Waals surface area contributed by atoms with Crippen molar-refractivity contribution in [3.63, 3.8) is 0 Å².